The lowest BCUT2D eigenvalue weighted by atomic mass is 10.1. The van der Waals surface area contributed by atoms with E-state index in [1.807, 2.05) is 18.2 Å². The first-order chi connectivity index (χ1) is 8.79. The Bertz CT molecular complexity index is 627. The molecule has 1 aromatic heterocycles. The van der Waals surface area contributed by atoms with Gasteiger partial charge in [-0.15, -0.1) is 0 Å². The minimum atomic E-state index is 0.683. The third-order valence-corrected chi connectivity index (χ3v) is 3.61. The zero-order valence-corrected chi connectivity index (χ0v) is 10.4. The Balaban J connectivity index is 2.21. The molecule has 18 heavy (non-hydrogen) atoms. The molecular weight excluding hydrogens is 222 g/mol. The van der Waals surface area contributed by atoms with Crippen LogP contribution in [0, 0.1) is 17.2 Å². The topological polar surface area (TPSA) is 39.9 Å². The molecule has 1 unspecified atom stereocenters. The summed E-state index contributed by atoms with van der Waals surface area (Å²) in [6.07, 6.45) is 2.89. The third-order valence-electron chi connectivity index (χ3n) is 3.61. The van der Waals surface area contributed by atoms with Crippen LogP contribution in [-0.2, 0) is 0 Å². The smallest absolute Gasteiger partial charge is 0.103 e. The second-order valence-electron chi connectivity index (χ2n) is 4.99. The molecular formula is C15H15N3. The molecule has 1 saturated heterocycles. The lowest BCUT2D eigenvalue weighted by molar-refractivity contribution is 0.659. The number of para-hydroxylation sites is 1. The van der Waals surface area contributed by atoms with Gasteiger partial charge in [-0.05, 0) is 18.4 Å². The summed E-state index contributed by atoms with van der Waals surface area (Å²) < 4.78 is 0. The summed E-state index contributed by atoms with van der Waals surface area (Å²) in [5.74, 6) is 0.698. The van der Waals surface area contributed by atoms with Crippen LogP contribution in [0.25, 0.3) is 10.9 Å². The minimum absolute atomic E-state index is 0.683. The van der Waals surface area contributed by atoms with Crippen molar-refractivity contribution in [2.24, 2.45) is 5.92 Å². The Morgan fingerprint density at radius 1 is 1.39 bits per heavy atom. The standard InChI is InChI=1S/C15H15N3/c1-11-6-7-18(10-11)15-12(8-16)9-17-14-5-3-2-4-13(14)15/h2-5,9,11H,6-7,10H2,1H3. The second-order valence-corrected chi connectivity index (χ2v) is 4.99. The van der Waals surface area contributed by atoms with Gasteiger partial charge in [0.2, 0.25) is 0 Å². The highest BCUT2D eigenvalue weighted by atomic mass is 15.2. The van der Waals surface area contributed by atoms with Crippen molar-refractivity contribution in [2.45, 2.75) is 13.3 Å². The SMILES string of the molecule is CC1CCN(c2c(C#N)cnc3ccccc23)C1. The van der Waals surface area contributed by atoms with Crippen molar-refractivity contribution in [3.63, 3.8) is 0 Å². The van der Waals surface area contributed by atoms with Crippen LogP contribution in [0.4, 0.5) is 5.69 Å². The van der Waals surface area contributed by atoms with Crippen molar-refractivity contribution in [3.05, 3.63) is 36.0 Å². The molecule has 0 spiro atoms. The molecule has 0 bridgehead atoms. The number of rotatable bonds is 1. The van der Waals surface area contributed by atoms with Gasteiger partial charge in [0, 0.05) is 24.7 Å². The number of aromatic nitrogens is 1. The van der Waals surface area contributed by atoms with Gasteiger partial charge in [-0.2, -0.15) is 5.26 Å². The Hall–Kier alpha value is -2.08. The van der Waals surface area contributed by atoms with E-state index in [-0.39, 0.29) is 0 Å². The summed E-state index contributed by atoms with van der Waals surface area (Å²) in [6, 6.07) is 10.3. The van der Waals surface area contributed by atoms with E-state index in [9.17, 15) is 5.26 Å². The van der Waals surface area contributed by atoms with E-state index >= 15 is 0 Å². The lowest BCUT2D eigenvalue weighted by Gasteiger charge is -2.21. The number of pyridine rings is 1. The van der Waals surface area contributed by atoms with E-state index in [0.29, 0.717) is 11.5 Å². The fourth-order valence-corrected chi connectivity index (χ4v) is 2.69. The van der Waals surface area contributed by atoms with Crippen molar-refractivity contribution < 1.29 is 0 Å². The van der Waals surface area contributed by atoms with E-state index < -0.39 is 0 Å². The summed E-state index contributed by atoms with van der Waals surface area (Å²) in [5.41, 5.74) is 2.71. The molecule has 0 N–H and O–H groups in total. The number of anilines is 1. The molecule has 3 heteroatoms. The highest BCUT2D eigenvalue weighted by Gasteiger charge is 2.23. The maximum absolute atomic E-state index is 9.29. The highest BCUT2D eigenvalue weighted by molar-refractivity contribution is 5.94. The van der Waals surface area contributed by atoms with Crippen molar-refractivity contribution >= 4 is 16.6 Å². The first-order valence-electron chi connectivity index (χ1n) is 6.32. The van der Waals surface area contributed by atoms with Crippen molar-refractivity contribution in [2.75, 3.05) is 18.0 Å². The first-order valence-corrected chi connectivity index (χ1v) is 6.32. The zero-order valence-electron chi connectivity index (χ0n) is 10.4. The molecule has 3 nitrogen and oxygen atoms in total. The van der Waals surface area contributed by atoms with E-state index in [0.717, 1.165) is 29.7 Å². The van der Waals surface area contributed by atoms with Gasteiger partial charge >= 0.3 is 0 Å². The number of hydrogen-bond acceptors (Lipinski definition) is 3. The highest BCUT2D eigenvalue weighted by Crippen LogP contribution is 2.32. The number of nitrogens with zero attached hydrogens (tertiary/aromatic N) is 3. The average Bonchev–Trinajstić information content (AvgIpc) is 2.83. The van der Waals surface area contributed by atoms with Gasteiger partial charge in [0.1, 0.15) is 6.07 Å². The number of fused-ring (bicyclic) bond motifs is 1. The van der Waals surface area contributed by atoms with Crippen LogP contribution in [-0.4, -0.2) is 18.1 Å². The normalized spacial score (nSPS) is 19.1. The number of hydrogen-bond donors (Lipinski definition) is 0. The summed E-state index contributed by atoms with van der Waals surface area (Å²) >= 11 is 0. The zero-order chi connectivity index (χ0) is 12.5. The molecule has 2 heterocycles. The summed E-state index contributed by atoms with van der Waals surface area (Å²) in [4.78, 5) is 6.68. The van der Waals surface area contributed by atoms with Gasteiger partial charge in [-0.25, -0.2) is 0 Å². The predicted molar refractivity (Wildman–Crippen MR) is 72.5 cm³/mol. The maximum atomic E-state index is 9.29. The Morgan fingerprint density at radius 2 is 2.22 bits per heavy atom. The molecule has 2 aromatic rings. The Morgan fingerprint density at radius 3 is 2.94 bits per heavy atom. The van der Waals surface area contributed by atoms with Crippen LogP contribution in [0.3, 0.4) is 0 Å². The van der Waals surface area contributed by atoms with Crippen LogP contribution in [0.5, 0.6) is 0 Å². The van der Waals surface area contributed by atoms with Crippen LogP contribution >= 0.6 is 0 Å². The van der Waals surface area contributed by atoms with Crippen LogP contribution < -0.4 is 4.90 Å². The van der Waals surface area contributed by atoms with E-state index in [2.05, 4.69) is 28.9 Å². The molecule has 0 aliphatic carbocycles. The van der Waals surface area contributed by atoms with Gasteiger partial charge in [-0.3, -0.25) is 4.98 Å². The van der Waals surface area contributed by atoms with E-state index in [1.165, 1.54) is 6.42 Å². The number of nitriles is 1. The van der Waals surface area contributed by atoms with E-state index in [1.54, 1.807) is 6.20 Å². The van der Waals surface area contributed by atoms with E-state index in [4.69, 9.17) is 0 Å². The monoisotopic (exact) mass is 237 g/mol. The van der Waals surface area contributed by atoms with Crippen molar-refractivity contribution in [3.8, 4) is 6.07 Å². The quantitative estimate of drug-likeness (QED) is 0.765. The first kappa shape index (κ1) is 11.0. The molecule has 1 atom stereocenters. The van der Waals surface area contributed by atoms with Crippen molar-refractivity contribution in [1.82, 2.24) is 4.98 Å². The molecule has 3 rings (SSSR count). The van der Waals surface area contributed by atoms with Crippen LogP contribution in [0.1, 0.15) is 18.9 Å². The Labute approximate surface area is 107 Å². The summed E-state index contributed by atoms with van der Waals surface area (Å²) in [6.45, 7) is 4.32. The lowest BCUT2D eigenvalue weighted by Crippen LogP contribution is -2.20. The van der Waals surface area contributed by atoms with Gasteiger partial charge in [0.05, 0.1) is 16.8 Å². The third kappa shape index (κ3) is 1.70. The molecule has 1 aromatic carbocycles. The molecule has 0 radical (unpaired) electrons. The largest absolute Gasteiger partial charge is 0.370 e. The van der Waals surface area contributed by atoms with Gasteiger partial charge in [0.25, 0.3) is 0 Å². The molecule has 0 amide bonds. The van der Waals surface area contributed by atoms with Gasteiger partial charge in [0.15, 0.2) is 0 Å². The van der Waals surface area contributed by atoms with Crippen LogP contribution in [0.15, 0.2) is 30.5 Å². The summed E-state index contributed by atoms with van der Waals surface area (Å²) in [5, 5.41) is 10.4. The molecule has 1 fully saturated rings. The molecule has 1 aliphatic rings. The molecule has 0 saturated carbocycles. The van der Waals surface area contributed by atoms with Gasteiger partial charge in [-0.1, -0.05) is 25.1 Å². The molecule has 1 aliphatic heterocycles. The fraction of sp³-hybridized carbons (Fsp3) is 0.333. The van der Waals surface area contributed by atoms with Crippen molar-refractivity contribution in [1.29, 1.82) is 5.26 Å². The Kier molecular flexibility index (Phi) is 2.64. The van der Waals surface area contributed by atoms with Crippen LogP contribution in [0.2, 0.25) is 0 Å². The molecule has 90 valence electrons. The minimum Gasteiger partial charge on any atom is -0.370 e. The predicted octanol–water partition coefficient (Wildman–Crippen LogP) is 2.95. The van der Waals surface area contributed by atoms with Gasteiger partial charge < -0.3 is 4.90 Å². The summed E-state index contributed by atoms with van der Waals surface area (Å²) in [7, 11) is 0. The fourth-order valence-electron chi connectivity index (χ4n) is 2.69. The average molecular weight is 237 g/mol. The number of benzene rings is 1. The maximum Gasteiger partial charge on any atom is 0.103 e. The second kappa shape index (κ2) is 4.30.